The first-order valence-electron chi connectivity index (χ1n) is 9.92. The van der Waals surface area contributed by atoms with E-state index in [9.17, 15) is 19.2 Å². The van der Waals surface area contributed by atoms with Crippen molar-refractivity contribution in [2.75, 3.05) is 27.4 Å². The van der Waals surface area contributed by atoms with Gasteiger partial charge in [0.15, 0.2) is 23.9 Å². The molecule has 0 saturated carbocycles. The standard InChI is InChI=1S/C23H24N2O7/c1-14-4-6-15(7-5-14)18(26)13-32-23(29)17-11-21(27)25(12-17)24-22(28)16-8-9-19(30-2)20(10-16)31-3/h4-10,17H,11-13H2,1-3H3,(H,24,28)/t17-/m0/s1. The van der Waals surface area contributed by atoms with Crippen LogP contribution in [0, 0.1) is 12.8 Å². The van der Waals surface area contributed by atoms with Crippen LogP contribution in [-0.2, 0) is 14.3 Å². The summed E-state index contributed by atoms with van der Waals surface area (Å²) in [4.78, 5) is 49.3. The van der Waals surface area contributed by atoms with Gasteiger partial charge in [-0.1, -0.05) is 29.8 Å². The second-order valence-corrected chi connectivity index (χ2v) is 7.31. The highest BCUT2D eigenvalue weighted by Crippen LogP contribution is 2.27. The molecule has 2 amide bonds. The fourth-order valence-corrected chi connectivity index (χ4v) is 3.22. The van der Waals surface area contributed by atoms with E-state index in [0.717, 1.165) is 10.6 Å². The molecule has 3 rings (SSSR count). The SMILES string of the molecule is COc1ccc(C(=O)NN2C[C@@H](C(=O)OCC(=O)c3ccc(C)cc3)CC2=O)cc1OC. The zero-order valence-electron chi connectivity index (χ0n) is 18.0. The Bertz CT molecular complexity index is 1030. The second-order valence-electron chi connectivity index (χ2n) is 7.31. The highest BCUT2D eigenvalue weighted by atomic mass is 16.5. The Kier molecular flexibility index (Phi) is 7.09. The minimum absolute atomic E-state index is 0.0462. The van der Waals surface area contributed by atoms with Crippen LogP contribution < -0.4 is 14.9 Å². The van der Waals surface area contributed by atoms with E-state index in [1.165, 1.54) is 26.4 Å². The third-order valence-electron chi connectivity index (χ3n) is 5.06. The first-order chi connectivity index (χ1) is 15.3. The van der Waals surface area contributed by atoms with E-state index < -0.39 is 30.3 Å². The summed E-state index contributed by atoms with van der Waals surface area (Å²) < 4.78 is 15.4. The number of methoxy groups -OCH3 is 2. The number of hydrazine groups is 1. The van der Waals surface area contributed by atoms with Crippen molar-refractivity contribution in [3.63, 3.8) is 0 Å². The van der Waals surface area contributed by atoms with Gasteiger partial charge in [0, 0.05) is 17.5 Å². The lowest BCUT2D eigenvalue weighted by Gasteiger charge is -2.18. The van der Waals surface area contributed by atoms with Gasteiger partial charge in [0.2, 0.25) is 5.91 Å². The molecule has 0 unspecified atom stereocenters. The number of nitrogens with one attached hydrogen (secondary N) is 1. The number of carbonyl (C=O) groups is 4. The molecule has 0 radical (unpaired) electrons. The third-order valence-corrected chi connectivity index (χ3v) is 5.06. The molecule has 2 aromatic carbocycles. The molecule has 9 heteroatoms. The molecule has 2 aromatic rings. The van der Waals surface area contributed by atoms with Crippen LogP contribution in [0.3, 0.4) is 0 Å². The minimum atomic E-state index is -0.779. The largest absolute Gasteiger partial charge is 0.493 e. The van der Waals surface area contributed by atoms with Gasteiger partial charge in [0.25, 0.3) is 5.91 Å². The molecular weight excluding hydrogens is 416 g/mol. The topological polar surface area (TPSA) is 111 Å². The normalized spacial score (nSPS) is 15.3. The Hall–Kier alpha value is -3.88. The zero-order valence-corrected chi connectivity index (χ0v) is 18.0. The summed E-state index contributed by atoms with van der Waals surface area (Å²) in [5, 5.41) is 1.08. The van der Waals surface area contributed by atoms with Gasteiger partial charge in [-0.3, -0.25) is 29.6 Å². The van der Waals surface area contributed by atoms with Gasteiger partial charge >= 0.3 is 5.97 Å². The van der Waals surface area contributed by atoms with Crippen molar-refractivity contribution in [3.8, 4) is 11.5 Å². The molecule has 0 aliphatic carbocycles. The van der Waals surface area contributed by atoms with E-state index >= 15 is 0 Å². The van der Waals surface area contributed by atoms with Gasteiger partial charge in [0.05, 0.1) is 26.7 Å². The summed E-state index contributed by atoms with van der Waals surface area (Å²) in [7, 11) is 2.93. The van der Waals surface area contributed by atoms with Crippen LogP contribution >= 0.6 is 0 Å². The number of Topliss-reactive ketones (excluding diaryl/α,β-unsaturated/α-hetero) is 1. The number of benzene rings is 2. The molecule has 0 aromatic heterocycles. The maximum atomic E-state index is 12.5. The smallest absolute Gasteiger partial charge is 0.311 e. The molecule has 1 heterocycles. The number of hydrogen-bond acceptors (Lipinski definition) is 7. The molecule has 1 atom stereocenters. The maximum absolute atomic E-state index is 12.5. The van der Waals surface area contributed by atoms with Crippen LogP contribution in [0.5, 0.6) is 11.5 Å². The van der Waals surface area contributed by atoms with Crippen LogP contribution in [0.25, 0.3) is 0 Å². The summed E-state index contributed by atoms with van der Waals surface area (Å²) in [5.41, 5.74) is 4.19. The number of esters is 1. The number of ether oxygens (including phenoxy) is 3. The lowest BCUT2D eigenvalue weighted by molar-refractivity contribution is -0.147. The predicted octanol–water partition coefficient (Wildman–Crippen LogP) is 1.93. The van der Waals surface area contributed by atoms with Crippen molar-refractivity contribution in [1.29, 1.82) is 0 Å². The molecule has 168 valence electrons. The number of rotatable bonds is 8. The van der Waals surface area contributed by atoms with Crippen molar-refractivity contribution in [2.45, 2.75) is 13.3 Å². The first kappa shape index (κ1) is 22.8. The van der Waals surface area contributed by atoms with Gasteiger partial charge in [-0.15, -0.1) is 0 Å². The molecule has 1 N–H and O–H groups in total. The summed E-state index contributed by atoms with van der Waals surface area (Å²) >= 11 is 0. The van der Waals surface area contributed by atoms with Crippen molar-refractivity contribution >= 4 is 23.6 Å². The van der Waals surface area contributed by atoms with E-state index in [0.29, 0.717) is 17.1 Å². The monoisotopic (exact) mass is 440 g/mol. The van der Waals surface area contributed by atoms with Crippen molar-refractivity contribution in [3.05, 3.63) is 59.2 Å². The Morgan fingerprint density at radius 3 is 2.31 bits per heavy atom. The number of hydrogen-bond donors (Lipinski definition) is 1. The van der Waals surface area contributed by atoms with Gasteiger partial charge < -0.3 is 14.2 Å². The molecule has 1 aliphatic rings. The Morgan fingerprint density at radius 1 is 1.00 bits per heavy atom. The fraction of sp³-hybridized carbons (Fsp3) is 0.304. The van der Waals surface area contributed by atoms with Crippen LogP contribution in [0.1, 0.15) is 32.7 Å². The summed E-state index contributed by atoms with van der Waals surface area (Å²) in [6, 6.07) is 11.5. The van der Waals surface area contributed by atoms with E-state index in [2.05, 4.69) is 5.43 Å². The molecule has 1 aliphatic heterocycles. The van der Waals surface area contributed by atoms with E-state index in [1.807, 2.05) is 6.92 Å². The number of nitrogens with zero attached hydrogens (tertiary/aromatic N) is 1. The molecule has 32 heavy (non-hydrogen) atoms. The number of aryl methyl sites for hydroxylation is 1. The van der Waals surface area contributed by atoms with Crippen LogP contribution in [0.2, 0.25) is 0 Å². The Morgan fingerprint density at radius 2 is 1.66 bits per heavy atom. The highest BCUT2D eigenvalue weighted by molar-refractivity contribution is 5.99. The minimum Gasteiger partial charge on any atom is -0.493 e. The summed E-state index contributed by atoms with van der Waals surface area (Å²) in [6.07, 6.45) is -0.121. The molecule has 1 fully saturated rings. The zero-order chi connectivity index (χ0) is 23.3. The van der Waals surface area contributed by atoms with Crippen LogP contribution in [0.15, 0.2) is 42.5 Å². The lowest BCUT2D eigenvalue weighted by Crippen LogP contribution is -2.43. The summed E-state index contributed by atoms with van der Waals surface area (Å²) in [6.45, 7) is 1.45. The molecule has 0 bridgehead atoms. The Labute approximate surface area is 185 Å². The van der Waals surface area contributed by atoms with Crippen molar-refractivity contribution < 1.29 is 33.4 Å². The van der Waals surface area contributed by atoms with Gasteiger partial charge in [-0.2, -0.15) is 0 Å². The number of ketones is 1. The highest BCUT2D eigenvalue weighted by Gasteiger charge is 2.36. The van der Waals surface area contributed by atoms with E-state index in [-0.39, 0.29) is 24.3 Å². The lowest BCUT2D eigenvalue weighted by atomic mass is 10.1. The number of amides is 2. The number of carbonyl (C=O) groups excluding carboxylic acids is 4. The Balaban J connectivity index is 1.55. The fourth-order valence-electron chi connectivity index (χ4n) is 3.22. The molecule has 9 nitrogen and oxygen atoms in total. The van der Waals surface area contributed by atoms with E-state index in [4.69, 9.17) is 14.2 Å². The average molecular weight is 440 g/mol. The second kappa shape index (κ2) is 9.95. The van der Waals surface area contributed by atoms with E-state index in [1.54, 1.807) is 30.3 Å². The van der Waals surface area contributed by atoms with Crippen LogP contribution in [-0.4, -0.2) is 55.9 Å². The average Bonchev–Trinajstić information content (AvgIpc) is 3.17. The van der Waals surface area contributed by atoms with Gasteiger partial charge in [-0.25, -0.2) is 0 Å². The van der Waals surface area contributed by atoms with Gasteiger partial charge in [-0.05, 0) is 25.1 Å². The maximum Gasteiger partial charge on any atom is 0.311 e. The first-order valence-corrected chi connectivity index (χ1v) is 9.92. The molecular formula is C23H24N2O7. The van der Waals surface area contributed by atoms with Crippen molar-refractivity contribution in [1.82, 2.24) is 10.4 Å². The van der Waals surface area contributed by atoms with Gasteiger partial charge in [0.1, 0.15) is 0 Å². The predicted molar refractivity (Wildman–Crippen MR) is 113 cm³/mol. The molecule has 1 saturated heterocycles. The quantitative estimate of drug-likeness (QED) is 0.493. The van der Waals surface area contributed by atoms with Crippen molar-refractivity contribution in [2.24, 2.45) is 5.92 Å². The summed E-state index contributed by atoms with van der Waals surface area (Å²) in [5.74, 6) is -1.91. The van der Waals surface area contributed by atoms with Crippen LogP contribution in [0.4, 0.5) is 0 Å². The molecule has 0 spiro atoms. The third kappa shape index (κ3) is 5.23.